The summed E-state index contributed by atoms with van der Waals surface area (Å²) in [6.07, 6.45) is -2.46. The highest BCUT2D eigenvalue weighted by Crippen LogP contribution is 2.45. The maximum absolute atomic E-state index is 13.0. The third kappa shape index (κ3) is 1.65. The largest absolute Gasteiger partial charge is 0.408 e. The maximum Gasteiger partial charge on any atom is 0.408 e. The number of fused-ring (bicyclic) bond motifs is 1. The summed E-state index contributed by atoms with van der Waals surface area (Å²) in [4.78, 5) is 5.99. The van der Waals surface area contributed by atoms with Gasteiger partial charge < -0.3 is 4.98 Å². The molecule has 0 spiro atoms. The number of hydrogen-bond acceptors (Lipinski definition) is 0. The highest BCUT2D eigenvalue weighted by atomic mass is 19.4. The van der Waals surface area contributed by atoms with E-state index in [0.717, 1.165) is 18.5 Å². The SMILES string of the molecule is [C-]#[N+]c1ccc2[nH]c(C3CC3)cc2c1C(F)(F)F. The van der Waals surface area contributed by atoms with Crippen molar-refractivity contribution in [1.82, 2.24) is 4.98 Å². The zero-order valence-corrected chi connectivity index (χ0v) is 9.30. The Morgan fingerprint density at radius 3 is 2.56 bits per heavy atom. The lowest BCUT2D eigenvalue weighted by atomic mass is 10.1. The van der Waals surface area contributed by atoms with Crippen LogP contribution in [0, 0.1) is 6.57 Å². The number of nitrogens with one attached hydrogen (secondary N) is 1. The minimum Gasteiger partial charge on any atom is -0.358 e. The summed E-state index contributed by atoms with van der Waals surface area (Å²) in [6, 6.07) is 4.32. The van der Waals surface area contributed by atoms with E-state index in [9.17, 15) is 13.2 Å². The van der Waals surface area contributed by atoms with Crippen LogP contribution in [0.1, 0.15) is 30.0 Å². The predicted molar refractivity (Wildman–Crippen MR) is 61.5 cm³/mol. The fourth-order valence-corrected chi connectivity index (χ4v) is 2.22. The van der Waals surface area contributed by atoms with Crippen molar-refractivity contribution in [2.24, 2.45) is 0 Å². The number of H-pyrrole nitrogens is 1. The van der Waals surface area contributed by atoms with Gasteiger partial charge in [0.1, 0.15) is 0 Å². The molecule has 0 saturated heterocycles. The van der Waals surface area contributed by atoms with Crippen molar-refractivity contribution in [3.05, 3.63) is 40.9 Å². The van der Waals surface area contributed by atoms with Crippen LogP contribution < -0.4 is 0 Å². The van der Waals surface area contributed by atoms with Gasteiger partial charge in [0.25, 0.3) is 0 Å². The molecule has 2 nitrogen and oxygen atoms in total. The molecular weight excluding hydrogens is 241 g/mol. The fourth-order valence-electron chi connectivity index (χ4n) is 2.22. The Morgan fingerprint density at radius 2 is 2.00 bits per heavy atom. The minimum absolute atomic E-state index is 0.109. The fraction of sp³-hybridized carbons (Fsp3) is 0.308. The molecule has 0 aliphatic heterocycles. The molecule has 3 rings (SSSR count). The zero-order chi connectivity index (χ0) is 12.9. The van der Waals surface area contributed by atoms with Gasteiger partial charge in [0.05, 0.1) is 12.1 Å². The molecule has 18 heavy (non-hydrogen) atoms. The molecule has 1 aliphatic carbocycles. The van der Waals surface area contributed by atoms with Crippen LogP contribution in [-0.4, -0.2) is 4.98 Å². The molecule has 92 valence electrons. The number of rotatable bonds is 1. The average Bonchev–Trinajstić information content (AvgIpc) is 3.06. The highest BCUT2D eigenvalue weighted by Gasteiger charge is 2.36. The third-order valence-corrected chi connectivity index (χ3v) is 3.22. The molecule has 0 amide bonds. The minimum atomic E-state index is -4.50. The summed E-state index contributed by atoms with van der Waals surface area (Å²) in [6.45, 7) is 6.86. The van der Waals surface area contributed by atoms with Crippen LogP contribution >= 0.6 is 0 Å². The lowest BCUT2D eigenvalue weighted by Gasteiger charge is -2.09. The topological polar surface area (TPSA) is 20.1 Å². The Balaban J connectivity index is 2.30. The van der Waals surface area contributed by atoms with Crippen molar-refractivity contribution < 1.29 is 13.2 Å². The second-order valence-electron chi connectivity index (χ2n) is 4.53. The number of aromatic nitrogens is 1. The van der Waals surface area contributed by atoms with Gasteiger partial charge in [-0.3, -0.25) is 0 Å². The van der Waals surface area contributed by atoms with Crippen molar-refractivity contribution in [3.63, 3.8) is 0 Å². The Labute approximate surface area is 101 Å². The number of hydrogen-bond donors (Lipinski definition) is 1. The number of nitrogens with zero attached hydrogens (tertiary/aromatic N) is 1. The Bertz CT molecular complexity index is 657. The van der Waals surface area contributed by atoms with Crippen LogP contribution in [-0.2, 0) is 6.18 Å². The van der Waals surface area contributed by atoms with Gasteiger partial charge in [-0.15, -0.1) is 0 Å². The van der Waals surface area contributed by atoms with Crippen molar-refractivity contribution >= 4 is 16.6 Å². The van der Waals surface area contributed by atoms with Gasteiger partial charge in [-0.25, -0.2) is 4.85 Å². The molecule has 1 heterocycles. The summed E-state index contributed by atoms with van der Waals surface area (Å²) >= 11 is 0. The monoisotopic (exact) mass is 250 g/mol. The van der Waals surface area contributed by atoms with E-state index in [2.05, 4.69) is 9.83 Å². The quantitative estimate of drug-likeness (QED) is 0.713. The molecular formula is C13H9F3N2. The molecule has 5 heteroatoms. The van der Waals surface area contributed by atoms with Gasteiger partial charge >= 0.3 is 6.18 Å². The van der Waals surface area contributed by atoms with Crippen molar-refractivity contribution in [1.29, 1.82) is 0 Å². The number of benzene rings is 1. The van der Waals surface area contributed by atoms with Crippen molar-refractivity contribution in [2.45, 2.75) is 24.9 Å². The van der Waals surface area contributed by atoms with E-state index in [1.807, 2.05) is 0 Å². The Morgan fingerprint density at radius 1 is 1.28 bits per heavy atom. The van der Waals surface area contributed by atoms with Crippen molar-refractivity contribution in [3.8, 4) is 0 Å². The van der Waals surface area contributed by atoms with Gasteiger partial charge in [-0.2, -0.15) is 13.2 Å². The predicted octanol–water partition coefficient (Wildman–Crippen LogP) is 4.61. The smallest absolute Gasteiger partial charge is 0.358 e. The molecule has 0 unspecified atom stereocenters. The van der Waals surface area contributed by atoms with Crippen molar-refractivity contribution in [2.75, 3.05) is 0 Å². The summed E-state index contributed by atoms with van der Waals surface area (Å²) in [5.41, 5.74) is 0.142. The van der Waals surface area contributed by atoms with E-state index in [1.54, 1.807) is 12.1 Å². The second kappa shape index (κ2) is 3.52. The van der Waals surface area contributed by atoms with E-state index >= 15 is 0 Å². The Kier molecular flexibility index (Phi) is 2.18. The first kappa shape index (κ1) is 11.1. The summed E-state index contributed by atoms with van der Waals surface area (Å²) in [5, 5.41) is 0.109. The van der Waals surface area contributed by atoms with E-state index in [-0.39, 0.29) is 11.1 Å². The summed E-state index contributed by atoms with van der Waals surface area (Å²) in [5.74, 6) is 0.356. The van der Waals surface area contributed by atoms with E-state index in [0.29, 0.717) is 11.4 Å². The first-order valence-electron chi connectivity index (χ1n) is 5.61. The van der Waals surface area contributed by atoms with Gasteiger partial charge in [-0.1, -0.05) is 6.07 Å². The van der Waals surface area contributed by atoms with E-state index in [1.165, 1.54) is 6.07 Å². The number of aromatic amines is 1. The molecule has 1 aromatic heterocycles. The van der Waals surface area contributed by atoms with Crippen LogP contribution in [0.2, 0.25) is 0 Å². The maximum atomic E-state index is 13.0. The summed E-state index contributed by atoms with van der Waals surface area (Å²) < 4.78 is 39.1. The standard InChI is InChI=1S/C13H9F3N2/c1-17-10-5-4-9-8(12(10)13(14,15)16)6-11(18-9)7-2-3-7/h4-7,18H,2-3H2. The van der Waals surface area contributed by atoms with Gasteiger partial charge in [-0.05, 0) is 30.9 Å². The first-order valence-corrected chi connectivity index (χ1v) is 5.61. The first-order chi connectivity index (χ1) is 8.50. The third-order valence-electron chi connectivity index (χ3n) is 3.22. The average molecular weight is 250 g/mol. The Hall–Kier alpha value is -1.96. The lowest BCUT2D eigenvalue weighted by Crippen LogP contribution is -2.05. The molecule has 1 saturated carbocycles. The van der Waals surface area contributed by atoms with Crippen LogP contribution in [0.3, 0.4) is 0 Å². The lowest BCUT2D eigenvalue weighted by molar-refractivity contribution is -0.135. The van der Waals surface area contributed by atoms with E-state index < -0.39 is 11.7 Å². The molecule has 1 aliphatic rings. The molecule has 1 aromatic carbocycles. The molecule has 2 aromatic rings. The van der Waals surface area contributed by atoms with Crippen LogP contribution in [0.5, 0.6) is 0 Å². The number of halogens is 3. The molecule has 0 bridgehead atoms. The summed E-state index contributed by atoms with van der Waals surface area (Å²) in [7, 11) is 0. The molecule has 1 N–H and O–H groups in total. The second-order valence-corrected chi connectivity index (χ2v) is 4.53. The van der Waals surface area contributed by atoms with Gasteiger partial charge in [0, 0.05) is 16.6 Å². The zero-order valence-electron chi connectivity index (χ0n) is 9.30. The van der Waals surface area contributed by atoms with Crippen LogP contribution in [0.4, 0.5) is 18.9 Å². The molecule has 1 fully saturated rings. The van der Waals surface area contributed by atoms with Crippen LogP contribution in [0.25, 0.3) is 15.7 Å². The molecule has 0 radical (unpaired) electrons. The van der Waals surface area contributed by atoms with E-state index in [4.69, 9.17) is 6.57 Å². The van der Waals surface area contributed by atoms with Crippen LogP contribution in [0.15, 0.2) is 18.2 Å². The normalized spacial score (nSPS) is 15.9. The number of alkyl halides is 3. The van der Waals surface area contributed by atoms with Gasteiger partial charge in [0.2, 0.25) is 0 Å². The molecule has 0 atom stereocenters. The highest BCUT2D eigenvalue weighted by molar-refractivity contribution is 5.89. The van der Waals surface area contributed by atoms with Gasteiger partial charge in [0.15, 0.2) is 5.69 Å².